The first kappa shape index (κ1) is 14.6. The zero-order valence-electron chi connectivity index (χ0n) is 11.2. The molecule has 0 bridgehead atoms. The van der Waals surface area contributed by atoms with Gasteiger partial charge in [0.15, 0.2) is 17.7 Å². The van der Waals surface area contributed by atoms with E-state index < -0.39 is 31.1 Å². The number of hydrogen-bond donors (Lipinski definition) is 5. The maximum Gasteiger partial charge on any atom is 0.191 e. The molecule has 4 atom stereocenters. The summed E-state index contributed by atoms with van der Waals surface area (Å²) in [5.41, 5.74) is 6.16. The summed E-state index contributed by atoms with van der Waals surface area (Å²) in [5, 5.41) is 40.6. The molecule has 2 aromatic heterocycles. The van der Waals surface area contributed by atoms with Crippen molar-refractivity contribution in [2.24, 2.45) is 10.9 Å². The van der Waals surface area contributed by atoms with Crippen LogP contribution >= 0.6 is 0 Å². The van der Waals surface area contributed by atoms with Crippen molar-refractivity contribution in [3.05, 3.63) is 18.3 Å². The molecule has 0 amide bonds. The number of imidazole rings is 1. The predicted molar refractivity (Wildman–Crippen MR) is 70.8 cm³/mol. The highest BCUT2D eigenvalue weighted by molar-refractivity contribution is 6.04. The van der Waals surface area contributed by atoms with Crippen LogP contribution < -0.4 is 5.73 Å². The van der Waals surface area contributed by atoms with Crippen LogP contribution in [0.5, 0.6) is 0 Å². The smallest absolute Gasteiger partial charge is 0.191 e. The van der Waals surface area contributed by atoms with Gasteiger partial charge in [-0.05, 0) is 0 Å². The van der Waals surface area contributed by atoms with Crippen molar-refractivity contribution in [2.45, 2.75) is 24.5 Å². The number of fused-ring (bicyclic) bond motifs is 1. The van der Waals surface area contributed by atoms with Gasteiger partial charge < -0.3 is 31.0 Å². The number of aromatic nitrogens is 4. The fourth-order valence-electron chi connectivity index (χ4n) is 2.38. The van der Waals surface area contributed by atoms with Crippen LogP contribution in [-0.4, -0.2) is 70.8 Å². The van der Waals surface area contributed by atoms with Crippen LogP contribution in [0.4, 0.5) is 0 Å². The van der Waals surface area contributed by atoms with Crippen molar-refractivity contribution in [3.8, 4) is 0 Å². The topological polar surface area (TPSA) is 172 Å². The normalized spacial score (nSPS) is 29.3. The molecule has 1 fully saturated rings. The summed E-state index contributed by atoms with van der Waals surface area (Å²) in [4.78, 5) is 12.0. The molecule has 11 nitrogen and oxygen atoms in total. The molecule has 11 heteroatoms. The largest absolute Gasteiger partial charge is 0.409 e. The third-order valence-corrected chi connectivity index (χ3v) is 3.50. The van der Waals surface area contributed by atoms with E-state index in [0.29, 0.717) is 0 Å². The monoisotopic (exact) mass is 310 g/mol. The summed E-state index contributed by atoms with van der Waals surface area (Å²) in [6, 6.07) is 0. The van der Waals surface area contributed by atoms with E-state index in [2.05, 4.69) is 20.1 Å². The van der Waals surface area contributed by atoms with E-state index in [0.717, 1.165) is 0 Å². The van der Waals surface area contributed by atoms with Crippen LogP contribution in [0.25, 0.3) is 11.2 Å². The number of aliphatic hydroxyl groups is 3. The molecule has 1 saturated heterocycles. The number of nitrogens with two attached hydrogens (primary N) is 1. The SMILES string of the molecule is N/C(=N\O)c1ncnc2c1ncn2[C@@H]1O[C@H](CO)[C@@H](O)[C@H]1O. The molecule has 0 aliphatic carbocycles. The Kier molecular flexibility index (Phi) is 3.62. The highest BCUT2D eigenvalue weighted by Crippen LogP contribution is 2.31. The summed E-state index contributed by atoms with van der Waals surface area (Å²) in [6.07, 6.45) is -1.88. The lowest BCUT2D eigenvalue weighted by Gasteiger charge is -2.16. The van der Waals surface area contributed by atoms with E-state index in [1.54, 1.807) is 0 Å². The maximum absolute atomic E-state index is 10.0. The molecule has 0 radical (unpaired) electrons. The molecule has 0 saturated carbocycles. The van der Waals surface area contributed by atoms with Crippen LogP contribution in [0.2, 0.25) is 0 Å². The van der Waals surface area contributed by atoms with Gasteiger partial charge in [-0.1, -0.05) is 5.16 Å². The van der Waals surface area contributed by atoms with Gasteiger partial charge in [0.1, 0.15) is 35.8 Å². The van der Waals surface area contributed by atoms with Crippen LogP contribution in [-0.2, 0) is 4.74 Å². The Morgan fingerprint density at radius 3 is 2.73 bits per heavy atom. The molecule has 3 rings (SSSR count). The van der Waals surface area contributed by atoms with Gasteiger partial charge in [-0.2, -0.15) is 0 Å². The highest BCUT2D eigenvalue weighted by Gasteiger charge is 2.44. The van der Waals surface area contributed by atoms with E-state index in [1.807, 2.05) is 0 Å². The van der Waals surface area contributed by atoms with Gasteiger partial charge in [0.25, 0.3) is 0 Å². The minimum atomic E-state index is -1.27. The third-order valence-electron chi connectivity index (χ3n) is 3.50. The number of rotatable bonds is 3. The molecule has 6 N–H and O–H groups in total. The molecule has 22 heavy (non-hydrogen) atoms. The molecule has 0 unspecified atom stereocenters. The van der Waals surface area contributed by atoms with Crippen LogP contribution in [0.3, 0.4) is 0 Å². The average Bonchev–Trinajstić information content (AvgIpc) is 3.08. The summed E-state index contributed by atoms with van der Waals surface area (Å²) in [6.45, 7) is -0.439. The predicted octanol–water partition coefficient (Wildman–Crippen LogP) is -2.47. The number of oxime groups is 1. The van der Waals surface area contributed by atoms with E-state index in [9.17, 15) is 10.2 Å². The van der Waals surface area contributed by atoms with Gasteiger partial charge in [0.2, 0.25) is 0 Å². The molecule has 0 spiro atoms. The number of hydrogen-bond acceptors (Lipinski definition) is 9. The fourth-order valence-corrected chi connectivity index (χ4v) is 2.38. The van der Waals surface area contributed by atoms with Gasteiger partial charge in [-0.15, -0.1) is 0 Å². The summed E-state index contributed by atoms with van der Waals surface area (Å²) >= 11 is 0. The lowest BCUT2D eigenvalue weighted by molar-refractivity contribution is -0.0511. The first-order chi connectivity index (χ1) is 10.6. The Labute approximate surface area is 123 Å². The van der Waals surface area contributed by atoms with Gasteiger partial charge in [-0.3, -0.25) is 4.57 Å². The zero-order chi connectivity index (χ0) is 15.9. The molecule has 1 aliphatic rings. The highest BCUT2D eigenvalue weighted by atomic mass is 16.6. The van der Waals surface area contributed by atoms with Gasteiger partial charge in [0.05, 0.1) is 12.9 Å². The molecule has 0 aromatic carbocycles. The third kappa shape index (κ3) is 2.07. The lowest BCUT2D eigenvalue weighted by atomic mass is 10.1. The zero-order valence-corrected chi connectivity index (χ0v) is 11.2. The number of nitrogens with zero attached hydrogens (tertiary/aromatic N) is 5. The second-order valence-electron chi connectivity index (χ2n) is 4.76. The van der Waals surface area contributed by atoms with E-state index >= 15 is 0 Å². The fraction of sp³-hybridized carbons (Fsp3) is 0.455. The minimum absolute atomic E-state index is 0.123. The van der Waals surface area contributed by atoms with Gasteiger partial charge in [-0.25, -0.2) is 15.0 Å². The van der Waals surface area contributed by atoms with Crippen LogP contribution in [0, 0.1) is 0 Å². The molecule has 118 valence electrons. The van der Waals surface area contributed by atoms with E-state index in [-0.39, 0.29) is 22.7 Å². The number of ether oxygens (including phenoxy) is 1. The van der Waals surface area contributed by atoms with Gasteiger partial charge in [0, 0.05) is 0 Å². The number of amidine groups is 1. The molecule has 1 aliphatic heterocycles. The summed E-state index contributed by atoms with van der Waals surface area (Å²) in [7, 11) is 0. The van der Waals surface area contributed by atoms with Crippen molar-refractivity contribution in [2.75, 3.05) is 6.61 Å². The molecule has 3 heterocycles. The first-order valence-electron chi connectivity index (χ1n) is 6.36. The maximum atomic E-state index is 10.0. The molecule has 2 aromatic rings. The standard InChI is InChI=1S/C11H14N6O5/c12-9(16-21)5-6-10(14-2-13-5)17(3-15-6)11-8(20)7(19)4(1-18)22-11/h2-4,7-8,11,18-21H,1H2,(H2,12,16)/t4-,7-,8-,11-/m1/s1. The van der Waals surface area contributed by atoms with Crippen molar-refractivity contribution < 1.29 is 25.3 Å². The summed E-state index contributed by atoms with van der Waals surface area (Å²) in [5.74, 6) is -0.237. The van der Waals surface area contributed by atoms with E-state index in [1.165, 1.54) is 17.2 Å². The number of aliphatic hydroxyl groups excluding tert-OH is 3. The first-order valence-corrected chi connectivity index (χ1v) is 6.36. The van der Waals surface area contributed by atoms with Crippen molar-refractivity contribution in [3.63, 3.8) is 0 Å². The second kappa shape index (κ2) is 5.46. The Morgan fingerprint density at radius 1 is 1.32 bits per heavy atom. The van der Waals surface area contributed by atoms with E-state index in [4.69, 9.17) is 20.8 Å². The average molecular weight is 310 g/mol. The Bertz CT molecular complexity index is 718. The molecular weight excluding hydrogens is 296 g/mol. The Hall–Kier alpha value is -2.34. The Morgan fingerprint density at radius 2 is 2.09 bits per heavy atom. The minimum Gasteiger partial charge on any atom is -0.409 e. The molecular formula is C11H14N6O5. The lowest BCUT2D eigenvalue weighted by Crippen LogP contribution is -2.33. The summed E-state index contributed by atoms with van der Waals surface area (Å²) < 4.78 is 6.80. The Balaban J connectivity index is 2.07. The van der Waals surface area contributed by atoms with Crippen molar-refractivity contribution in [1.29, 1.82) is 0 Å². The van der Waals surface area contributed by atoms with Gasteiger partial charge >= 0.3 is 0 Å². The van der Waals surface area contributed by atoms with Crippen molar-refractivity contribution in [1.82, 2.24) is 19.5 Å². The van der Waals surface area contributed by atoms with Crippen molar-refractivity contribution >= 4 is 17.0 Å². The van der Waals surface area contributed by atoms with Crippen LogP contribution in [0.15, 0.2) is 17.8 Å². The second-order valence-corrected chi connectivity index (χ2v) is 4.76. The van der Waals surface area contributed by atoms with Crippen LogP contribution in [0.1, 0.15) is 11.9 Å². The quantitative estimate of drug-likeness (QED) is 0.178.